The van der Waals surface area contributed by atoms with Crippen LogP contribution in [0.2, 0.25) is 5.02 Å². The van der Waals surface area contributed by atoms with Crippen molar-refractivity contribution in [3.8, 4) is 17.2 Å². The molecule has 0 aliphatic heterocycles. The minimum absolute atomic E-state index is 0.111. The summed E-state index contributed by atoms with van der Waals surface area (Å²) in [7, 11) is 1.54. The Hall–Kier alpha value is -3.32. The number of nitrogens with one attached hydrogen (secondary N) is 1. The topological polar surface area (TPSA) is 81.8 Å². The maximum Gasteiger partial charge on any atom is 0.193 e. The molecule has 0 saturated carbocycles. The largest absolute Gasteiger partial charge is 0.495 e. The van der Waals surface area contributed by atoms with E-state index in [2.05, 4.69) is 15.3 Å². The highest BCUT2D eigenvalue weighted by molar-refractivity contribution is 6.32. The lowest BCUT2D eigenvalue weighted by Gasteiger charge is -2.09. The molecular formula is C20H18ClFN4O2. The predicted octanol–water partition coefficient (Wildman–Crippen LogP) is 4.60. The van der Waals surface area contributed by atoms with E-state index in [1.165, 1.54) is 19.4 Å². The van der Waals surface area contributed by atoms with Crippen LogP contribution >= 0.6 is 11.6 Å². The number of aliphatic imine (C=N–C) groups is 1. The molecule has 0 atom stereocenters. The molecule has 0 unspecified atom stereocenters. The molecule has 0 aliphatic rings. The Balaban J connectivity index is 1.63. The van der Waals surface area contributed by atoms with E-state index >= 15 is 0 Å². The molecule has 0 saturated heterocycles. The van der Waals surface area contributed by atoms with Crippen LogP contribution in [-0.2, 0) is 6.54 Å². The van der Waals surface area contributed by atoms with Gasteiger partial charge < -0.3 is 20.5 Å². The molecule has 8 heteroatoms. The zero-order valence-electron chi connectivity index (χ0n) is 15.0. The van der Waals surface area contributed by atoms with E-state index in [1.54, 1.807) is 48.7 Å². The van der Waals surface area contributed by atoms with Gasteiger partial charge in [-0.25, -0.2) is 9.38 Å². The second-order valence-electron chi connectivity index (χ2n) is 5.73. The second-order valence-corrected chi connectivity index (χ2v) is 6.14. The van der Waals surface area contributed by atoms with Crippen molar-refractivity contribution in [2.24, 2.45) is 10.7 Å². The monoisotopic (exact) mass is 400 g/mol. The van der Waals surface area contributed by atoms with Crippen molar-refractivity contribution in [2.45, 2.75) is 6.54 Å². The minimum atomic E-state index is -0.495. The summed E-state index contributed by atoms with van der Waals surface area (Å²) in [6.45, 7) is 0.201. The van der Waals surface area contributed by atoms with Crippen LogP contribution in [0.25, 0.3) is 0 Å². The number of methoxy groups -OCH3 is 1. The highest BCUT2D eigenvalue weighted by Crippen LogP contribution is 2.27. The number of pyridine rings is 1. The fraction of sp³-hybridized carbons (Fsp3) is 0.100. The normalized spacial score (nSPS) is 11.2. The molecule has 1 aromatic heterocycles. The average Bonchev–Trinajstić information content (AvgIpc) is 2.69. The lowest BCUT2D eigenvalue weighted by molar-refractivity contribution is 0.415. The first-order valence-corrected chi connectivity index (χ1v) is 8.70. The summed E-state index contributed by atoms with van der Waals surface area (Å²) in [5.41, 5.74) is 7.20. The zero-order valence-corrected chi connectivity index (χ0v) is 15.8. The van der Waals surface area contributed by atoms with Gasteiger partial charge in [0.15, 0.2) is 17.5 Å². The summed E-state index contributed by atoms with van der Waals surface area (Å²) in [4.78, 5) is 8.13. The van der Waals surface area contributed by atoms with E-state index in [1.807, 2.05) is 0 Å². The van der Waals surface area contributed by atoms with Gasteiger partial charge in [0.2, 0.25) is 0 Å². The number of halogens is 2. The Labute approximate surface area is 166 Å². The van der Waals surface area contributed by atoms with E-state index < -0.39 is 5.82 Å². The SMILES string of the molecule is COc1ccc(NC(N)=NCc2ccc(Oc3cccnc3)c(F)c2)cc1Cl. The van der Waals surface area contributed by atoms with Crippen molar-refractivity contribution in [3.05, 3.63) is 77.3 Å². The molecule has 0 spiro atoms. The van der Waals surface area contributed by atoms with Crippen LogP contribution in [0.15, 0.2) is 65.9 Å². The first kappa shape index (κ1) is 19.4. The van der Waals surface area contributed by atoms with Gasteiger partial charge in [0.1, 0.15) is 11.5 Å². The minimum Gasteiger partial charge on any atom is -0.495 e. The number of nitrogens with zero attached hydrogens (tertiary/aromatic N) is 2. The first-order valence-electron chi connectivity index (χ1n) is 8.32. The molecule has 0 bridgehead atoms. The number of benzene rings is 2. The molecule has 28 heavy (non-hydrogen) atoms. The molecule has 3 rings (SSSR count). The predicted molar refractivity (Wildman–Crippen MR) is 108 cm³/mol. The Kier molecular flexibility index (Phi) is 6.29. The van der Waals surface area contributed by atoms with Gasteiger partial charge in [0.05, 0.1) is 24.9 Å². The van der Waals surface area contributed by atoms with Gasteiger partial charge in [-0.1, -0.05) is 17.7 Å². The van der Waals surface area contributed by atoms with E-state index in [0.29, 0.717) is 27.8 Å². The van der Waals surface area contributed by atoms with Gasteiger partial charge in [-0.2, -0.15) is 0 Å². The third kappa shape index (κ3) is 5.11. The highest BCUT2D eigenvalue weighted by atomic mass is 35.5. The molecule has 3 N–H and O–H groups in total. The smallest absolute Gasteiger partial charge is 0.193 e. The van der Waals surface area contributed by atoms with Crippen molar-refractivity contribution in [2.75, 3.05) is 12.4 Å². The Morgan fingerprint density at radius 1 is 1.21 bits per heavy atom. The van der Waals surface area contributed by atoms with Crippen molar-refractivity contribution >= 4 is 23.2 Å². The molecular weight excluding hydrogens is 383 g/mol. The van der Waals surface area contributed by atoms with E-state index in [9.17, 15) is 4.39 Å². The summed E-state index contributed by atoms with van der Waals surface area (Å²) < 4.78 is 24.8. The van der Waals surface area contributed by atoms with Gasteiger partial charge in [-0.3, -0.25) is 4.98 Å². The number of hydrogen-bond donors (Lipinski definition) is 2. The fourth-order valence-electron chi connectivity index (χ4n) is 2.37. The maximum absolute atomic E-state index is 14.3. The Bertz CT molecular complexity index is 983. The molecule has 3 aromatic rings. The van der Waals surface area contributed by atoms with Crippen molar-refractivity contribution in [1.29, 1.82) is 0 Å². The second kappa shape index (κ2) is 9.05. The van der Waals surface area contributed by atoms with Gasteiger partial charge in [0, 0.05) is 11.9 Å². The summed E-state index contributed by atoms with van der Waals surface area (Å²) in [6.07, 6.45) is 3.12. The molecule has 144 valence electrons. The summed E-state index contributed by atoms with van der Waals surface area (Å²) >= 11 is 6.07. The quantitative estimate of drug-likeness (QED) is 0.466. The van der Waals surface area contributed by atoms with Crippen LogP contribution in [0.4, 0.5) is 10.1 Å². The van der Waals surface area contributed by atoms with Crippen molar-refractivity contribution in [3.63, 3.8) is 0 Å². The standard InChI is InChI=1S/C20H18ClFN4O2/c1-27-18-7-5-14(10-16(18)21)26-20(23)25-11-13-4-6-19(17(22)9-13)28-15-3-2-8-24-12-15/h2-10,12H,11H2,1H3,(H3,23,25,26). The Morgan fingerprint density at radius 2 is 2.04 bits per heavy atom. The molecule has 0 aliphatic carbocycles. The van der Waals surface area contributed by atoms with Gasteiger partial charge in [-0.15, -0.1) is 0 Å². The third-order valence-corrected chi connectivity index (χ3v) is 4.01. The molecule has 0 radical (unpaired) electrons. The first-order chi connectivity index (χ1) is 13.5. The molecule has 0 amide bonds. The van der Waals surface area contributed by atoms with E-state index in [-0.39, 0.29) is 18.3 Å². The molecule has 6 nitrogen and oxygen atoms in total. The number of guanidine groups is 1. The van der Waals surface area contributed by atoms with Crippen LogP contribution in [0.1, 0.15) is 5.56 Å². The fourth-order valence-corrected chi connectivity index (χ4v) is 2.63. The number of anilines is 1. The van der Waals surface area contributed by atoms with Crippen LogP contribution in [0, 0.1) is 5.82 Å². The molecule has 1 heterocycles. The third-order valence-electron chi connectivity index (χ3n) is 3.71. The van der Waals surface area contributed by atoms with Crippen molar-refractivity contribution < 1.29 is 13.9 Å². The van der Waals surface area contributed by atoms with Gasteiger partial charge >= 0.3 is 0 Å². The van der Waals surface area contributed by atoms with E-state index in [0.717, 1.165) is 0 Å². The number of aromatic nitrogens is 1. The maximum atomic E-state index is 14.3. The summed E-state index contributed by atoms with van der Waals surface area (Å²) in [6, 6.07) is 13.2. The van der Waals surface area contributed by atoms with Crippen LogP contribution in [0.3, 0.4) is 0 Å². The number of hydrogen-bond acceptors (Lipinski definition) is 4. The number of rotatable bonds is 6. The Morgan fingerprint density at radius 3 is 2.71 bits per heavy atom. The summed E-state index contributed by atoms with van der Waals surface area (Å²) in [5, 5.41) is 3.38. The van der Waals surface area contributed by atoms with Crippen molar-refractivity contribution in [1.82, 2.24) is 4.98 Å². The average molecular weight is 401 g/mol. The number of ether oxygens (including phenoxy) is 2. The summed E-state index contributed by atoms with van der Waals surface area (Å²) in [5.74, 6) is 0.813. The highest BCUT2D eigenvalue weighted by Gasteiger charge is 2.07. The lowest BCUT2D eigenvalue weighted by Crippen LogP contribution is -2.22. The molecule has 0 fully saturated rings. The van der Waals surface area contributed by atoms with Gasteiger partial charge in [-0.05, 0) is 48.0 Å². The number of nitrogens with two attached hydrogens (primary N) is 1. The van der Waals surface area contributed by atoms with Crippen LogP contribution in [0.5, 0.6) is 17.2 Å². The van der Waals surface area contributed by atoms with E-state index in [4.69, 9.17) is 26.8 Å². The lowest BCUT2D eigenvalue weighted by atomic mass is 10.2. The van der Waals surface area contributed by atoms with Gasteiger partial charge in [0.25, 0.3) is 0 Å². The molecule has 2 aromatic carbocycles. The van der Waals surface area contributed by atoms with Crippen LogP contribution in [-0.4, -0.2) is 18.1 Å². The van der Waals surface area contributed by atoms with Crippen LogP contribution < -0.4 is 20.5 Å². The zero-order chi connectivity index (χ0) is 19.9.